The van der Waals surface area contributed by atoms with Crippen molar-refractivity contribution in [2.75, 3.05) is 14.2 Å². The monoisotopic (exact) mass is 196 g/mol. The van der Waals surface area contributed by atoms with Crippen LogP contribution in [-0.2, 0) is 9.47 Å². The molecular formula is C12H20O2. The van der Waals surface area contributed by atoms with Gasteiger partial charge < -0.3 is 9.47 Å². The maximum absolute atomic E-state index is 5.06. The quantitative estimate of drug-likeness (QED) is 0.690. The second-order valence-corrected chi connectivity index (χ2v) is 2.92. The van der Waals surface area contributed by atoms with Gasteiger partial charge in [-0.25, -0.2) is 0 Å². The molecule has 0 saturated carbocycles. The lowest BCUT2D eigenvalue weighted by Crippen LogP contribution is -2.02. The lowest BCUT2D eigenvalue weighted by atomic mass is 10.2. The van der Waals surface area contributed by atoms with Gasteiger partial charge in [-0.3, -0.25) is 0 Å². The van der Waals surface area contributed by atoms with E-state index < -0.39 is 0 Å². The van der Waals surface area contributed by atoms with Gasteiger partial charge in [-0.2, -0.15) is 0 Å². The summed E-state index contributed by atoms with van der Waals surface area (Å²) in [5, 5.41) is 0. The minimum Gasteiger partial charge on any atom is -0.352 e. The first-order valence-electron chi connectivity index (χ1n) is 4.90. The molecule has 0 aliphatic carbocycles. The zero-order valence-electron chi connectivity index (χ0n) is 9.49. The SMILES string of the molecule is CCC.COC(OC)c1ccccc1. The topological polar surface area (TPSA) is 18.5 Å². The van der Waals surface area contributed by atoms with Gasteiger partial charge in [0.2, 0.25) is 0 Å². The summed E-state index contributed by atoms with van der Waals surface area (Å²) in [6.45, 7) is 4.25. The first-order chi connectivity index (χ1) is 6.79. The van der Waals surface area contributed by atoms with Crippen molar-refractivity contribution in [2.45, 2.75) is 26.6 Å². The fourth-order valence-corrected chi connectivity index (χ4v) is 0.979. The van der Waals surface area contributed by atoms with Crippen molar-refractivity contribution in [3.05, 3.63) is 35.9 Å². The van der Waals surface area contributed by atoms with Crippen LogP contribution < -0.4 is 0 Å². The van der Waals surface area contributed by atoms with Crippen molar-refractivity contribution in [1.29, 1.82) is 0 Å². The number of rotatable bonds is 3. The number of hydrogen-bond donors (Lipinski definition) is 0. The van der Waals surface area contributed by atoms with Crippen LogP contribution in [0, 0.1) is 0 Å². The van der Waals surface area contributed by atoms with Crippen LogP contribution in [0.25, 0.3) is 0 Å². The minimum absolute atomic E-state index is 0.240. The highest BCUT2D eigenvalue weighted by atomic mass is 16.7. The highest BCUT2D eigenvalue weighted by Gasteiger charge is 2.05. The molecule has 1 aromatic rings. The van der Waals surface area contributed by atoms with Crippen molar-refractivity contribution in [2.24, 2.45) is 0 Å². The van der Waals surface area contributed by atoms with E-state index in [9.17, 15) is 0 Å². The highest BCUT2D eigenvalue weighted by Crippen LogP contribution is 2.15. The molecule has 0 amide bonds. The molecule has 0 aromatic heterocycles. The molecule has 2 nitrogen and oxygen atoms in total. The zero-order chi connectivity index (χ0) is 10.8. The number of hydrogen-bond acceptors (Lipinski definition) is 2. The van der Waals surface area contributed by atoms with Gasteiger partial charge in [0, 0.05) is 19.8 Å². The molecule has 0 radical (unpaired) electrons. The van der Waals surface area contributed by atoms with Gasteiger partial charge in [0.1, 0.15) is 0 Å². The third-order valence-electron chi connectivity index (χ3n) is 1.50. The van der Waals surface area contributed by atoms with Gasteiger partial charge in [-0.1, -0.05) is 50.6 Å². The summed E-state index contributed by atoms with van der Waals surface area (Å²) in [6.07, 6.45) is 1.01. The van der Waals surface area contributed by atoms with Crippen molar-refractivity contribution < 1.29 is 9.47 Å². The van der Waals surface area contributed by atoms with E-state index in [1.807, 2.05) is 30.3 Å². The zero-order valence-corrected chi connectivity index (χ0v) is 9.49. The molecule has 0 aliphatic heterocycles. The molecule has 0 spiro atoms. The van der Waals surface area contributed by atoms with Crippen LogP contribution >= 0.6 is 0 Å². The van der Waals surface area contributed by atoms with Gasteiger partial charge in [-0.05, 0) is 0 Å². The van der Waals surface area contributed by atoms with E-state index in [0.29, 0.717) is 0 Å². The maximum atomic E-state index is 5.06. The Morgan fingerprint density at radius 2 is 1.43 bits per heavy atom. The predicted molar refractivity (Wildman–Crippen MR) is 59.2 cm³/mol. The molecule has 1 aromatic carbocycles. The standard InChI is InChI=1S/C9H12O2.C3H8/c1-10-9(11-2)8-6-4-3-5-7-8;1-3-2/h3-7,9H,1-2H3;3H2,1-2H3. The van der Waals surface area contributed by atoms with Crippen LogP contribution in [0.3, 0.4) is 0 Å². The average molecular weight is 196 g/mol. The van der Waals surface area contributed by atoms with Gasteiger partial charge in [0.25, 0.3) is 0 Å². The van der Waals surface area contributed by atoms with Crippen molar-refractivity contribution >= 4 is 0 Å². The number of benzene rings is 1. The molecule has 2 heteroatoms. The van der Waals surface area contributed by atoms with Gasteiger partial charge in [-0.15, -0.1) is 0 Å². The minimum atomic E-state index is -0.240. The Bertz CT molecular complexity index is 205. The second-order valence-electron chi connectivity index (χ2n) is 2.92. The molecule has 14 heavy (non-hydrogen) atoms. The van der Waals surface area contributed by atoms with E-state index in [1.54, 1.807) is 14.2 Å². The first-order valence-corrected chi connectivity index (χ1v) is 4.90. The third-order valence-corrected chi connectivity index (χ3v) is 1.50. The van der Waals surface area contributed by atoms with E-state index in [1.165, 1.54) is 6.42 Å². The van der Waals surface area contributed by atoms with Crippen molar-refractivity contribution in [3.8, 4) is 0 Å². The summed E-state index contributed by atoms with van der Waals surface area (Å²) in [5.41, 5.74) is 1.04. The molecule has 0 saturated heterocycles. The molecule has 0 aliphatic rings. The molecule has 0 atom stereocenters. The van der Waals surface area contributed by atoms with Crippen molar-refractivity contribution in [3.63, 3.8) is 0 Å². The Hall–Kier alpha value is -0.860. The van der Waals surface area contributed by atoms with Crippen LogP contribution in [-0.4, -0.2) is 14.2 Å². The Morgan fingerprint density at radius 1 is 1.00 bits per heavy atom. The van der Waals surface area contributed by atoms with Gasteiger partial charge in [0.05, 0.1) is 0 Å². The molecule has 0 N–H and O–H groups in total. The Balaban J connectivity index is 0.000000500. The second kappa shape index (κ2) is 8.73. The van der Waals surface area contributed by atoms with Crippen LogP contribution in [0.5, 0.6) is 0 Å². The summed E-state index contributed by atoms with van der Waals surface area (Å²) in [6, 6.07) is 9.82. The Morgan fingerprint density at radius 3 is 1.79 bits per heavy atom. The fourth-order valence-electron chi connectivity index (χ4n) is 0.979. The Labute approximate surface area is 86.9 Å². The molecule has 1 rings (SSSR count). The molecule has 80 valence electrons. The lowest BCUT2D eigenvalue weighted by Gasteiger charge is -2.12. The van der Waals surface area contributed by atoms with E-state index >= 15 is 0 Å². The van der Waals surface area contributed by atoms with Crippen molar-refractivity contribution in [1.82, 2.24) is 0 Å². The molecular weight excluding hydrogens is 176 g/mol. The number of methoxy groups -OCH3 is 2. The largest absolute Gasteiger partial charge is 0.352 e. The summed E-state index contributed by atoms with van der Waals surface area (Å²) < 4.78 is 10.1. The smallest absolute Gasteiger partial charge is 0.183 e. The molecule has 0 unspecified atom stereocenters. The Kier molecular flexibility index (Phi) is 8.19. The fraction of sp³-hybridized carbons (Fsp3) is 0.500. The van der Waals surface area contributed by atoms with E-state index in [0.717, 1.165) is 5.56 Å². The summed E-state index contributed by atoms with van der Waals surface area (Å²) >= 11 is 0. The average Bonchev–Trinajstić information content (AvgIpc) is 2.22. The van der Waals surface area contributed by atoms with E-state index in [4.69, 9.17) is 9.47 Å². The normalized spacial score (nSPS) is 9.50. The van der Waals surface area contributed by atoms with E-state index in [-0.39, 0.29) is 6.29 Å². The maximum Gasteiger partial charge on any atom is 0.183 e. The molecule has 0 bridgehead atoms. The molecule has 0 heterocycles. The summed E-state index contributed by atoms with van der Waals surface area (Å²) in [4.78, 5) is 0. The van der Waals surface area contributed by atoms with Gasteiger partial charge in [0.15, 0.2) is 6.29 Å². The first kappa shape index (κ1) is 13.1. The summed E-state index contributed by atoms with van der Waals surface area (Å²) in [5.74, 6) is 0. The van der Waals surface area contributed by atoms with Crippen LogP contribution in [0.4, 0.5) is 0 Å². The van der Waals surface area contributed by atoms with Crippen LogP contribution in [0.15, 0.2) is 30.3 Å². The highest BCUT2D eigenvalue weighted by molar-refractivity contribution is 5.15. The lowest BCUT2D eigenvalue weighted by molar-refractivity contribution is -0.106. The number of ether oxygens (including phenoxy) is 2. The predicted octanol–water partition coefficient (Wildman–Crippen LogP) is 3.39. The van der Waals surface area contributed by atoms with Gasteiger partial charge >= 0.3 is 0 Å². The summed E-state index contributed by atoms with van der Waals surface area (Å²) in [7, 11) is 3.25. The van der Waals surface area contributed by atoms with Crippen LogP contribution in [0.2, 0.25) is 0 Å². The molecule has 0 fully saturated rings. The third kappa shape index (κ3) is 5.00. The van der Waals surface area contributed by atoms with E-state index in [2.05, 4.69) is 13.8 Å². The van der Waals surface area contributed by atoms with Crippen LogP contribution in [0.1, 0.15) is 32.1 Å².